The number of hydrogen-bond acceptors (Lipinski definition) is 2. The molecule has 0 aliphatic carbocycles. The van der Waals surface area contributed by atoms with Crippen LogP contribution in [0.2, 0.25) is 0 Å². The van der Waals surface area contributed by atoms with Crippen molar-refractivity contribution in [3.63, 3.8) is 0 Å². The van der Waals surface area contributed by atoms with E-state index < -0.39 is 0 Å². The van der Waals surface area contributed by atoms with Crippen molar-refractivity contribution in [1.29, 1.82) is 0 Å². The zero-order valence-electron chi connectivity index (χ0n) is 11.8. The number of amides is 2. The van der Waals surface area contributed by atoms with E-state index in [1.165, 1.54) is 5.56 Å². The maximum Gasteiger partial charge on any atom is 0.319 e. The van der Waals surface area contributed by atoms with Gasteiger partial charge in [-0.15, -0.1) is 0 Å². The lowest BCUT2D eigenvalue weighted by Gasteiger charge is -2.21. The first-order valence-corrected chi connectivity index (χ1v) is 6.18. The highest BCUT2D eigenvalue weighted by atomic mass is 16.2. The van der Waals surface area contributed by atoms with Crippen LogP contribution < -0.4 is 16.0 Å². The Morgan fingerprint density at radius 3 is 2.17 bits per heavy atom. The molecule has 18 heavy (non-hydrogen) atoms. The summed E-state index contributed by atoms with van der Waals surface area (Å²) in [5.41, 5.74) is 1.76. The summed E-state index contributed by atoms with van der Waals surface area (Å²) in [4.78, 5) is 11.7. The quantitative estimate of drug-likeness (QED) is 0.771. The molecule has 0 saturated heterocycles. The van der Waals surface area contributed by atoms with Gasteiger partial charge in [-0.1, -0.05) is 12.1 Å². The van der Waals surface area contributed by atoms with Crippen molar-refractivity contribution in [1.82, 2.24) is 10.6 Å². The molecule has 0 saturated carbocycles. The Bertz CT molecular complexity index is 392. The van der Waals surface area contributed by atoms with Crippen molar-refractivity contribution in [2.24, 2.45) is 0 Å². The lowest BCUT2D eigenvalue weighted by molar-refractivity contribution is 0.244. The molecule has 0 aliphatic heterocycles. The molecule has 2 amide bonds. The number of carbonyl (C=O) groups excluding carboxylic acids is 1. The Morgan fingerprint density at radius 2 is 1.72 bits per heavy atom. The molecular formula is C14H23N3O. The SMILES string of the molecule is CNC(C)c1ccc(NC(=O)NC(C)(C)C)cc1. The first-order valence-electron chi connectivity index (χ1n) is 6.18. The summed E-state index contributed by atoms with van der Waals surface area (Å²) >= 11 is 0. The van der Waals surface area contributed by atoms with E-state index in [0.717, 1.165) is 5.69 Å². The minimum absolute atomic E-state index is 0.183. The van der Waals surface area contributed by atoms with Gasteiger partial charge in [0.05, 0.1) is 0 Å². The number of hydrogen-bond donors (Lipinski definition) is 3. The molecule has 0 aromatic heterocycles. The van der Waals surface area contributed by atoms with Gasteiger partial charge in [-0.05, 0) is 52.4 Å². The van der Waals surface area contributed by atoms with Gasteiger partial charge in [0.25, 0.3) is 0 Å². The number of carbonyl (C=O) groups is 1. The number of nitrogens with one attached hydrogen (secondary N) is 3. The molecule has 4 heteroatoms. The third kappa shape index (κ3) is 4.75. The highest BCUT2D eigenvalue weighted by Crippen LogP contribution is 2.15. The lowest BCUT2D eigenvalue weighted by Crippen LogP contribution is -2.43. The number of benzene rings is 1. The third-order valence-electron chi connectivity index (χ3n) is 2.59. The minimum atomic E-state index is -0.231. The minimum Gasteiger partial charge on any atom is -0.333 e. The third-order valence-corrected chi connectivity index (χ3v) is 2.59. The van der Waals surface area contributed by atoms with Crippen molar-refractivity contribution in [2.45, 2.75) is 39.3 Å². The number of anilines is 1. The van der Waals surface area contributed by atoms with Crippen LogP contribution in [0.1, 0.15) is 39.3 Å². The van der Waals surface area contributed by atoms with E-state index in [-0.39, 0.29) is 11.6 Å². The van der Waals surface area contributed by atoms with Crippen LogP contribution in [-0.2, 0) is 0 Å². The fraction of sp³-hybridized carbons (Fsp3) is 0.500. The topological polar surface area (TPSA) is 53.2 Å². The van der Waals surface area contributed by atoms with E-state index in [1.807, 2.05) is 52.1 Å². The zero-order chi connectivity index (χ0) is 13.8. The molecule has 1 rings (SSSR count). The molecule has 0 heterocycles. The summed E-state index contributed by atoms with van der Waals surface area (Å²) in [6.45, 7) is 7.94. The second-order valence-electron chi connectivity index (χ2n) is 5.46. The average molecular weight is 249 g/mol. The van der Waals surface area contributed by atoms with Gasteiger partial charge in [0, 0.05) is 17.3 Å². The molecule has 0 bridgehead atoms. The summed E-state index contributed by atoms with van der Waals surface area (Å²) < 4.78 is 0. The predicted molar refractivity (Wildman–Crippen MR) is 75.8 cm³/mol. The van der Waals surface area contributed by atoms with Crippen molar-refractivity contribution in [3.8, 4) is 0 Å². The van der Waals surface area contributed by atoms with Gasteiger partial charge in [-0.2, -0.15) is 0 Å². The van der Waals surface area contributed by atoms with Crippen molar-refractivity contribution in [2.75, 3.05) is 12.4 Å². The maximum atomic E-state index is 11.7. The molecular weight excluding hydrogens is 226 g/mol. The van der Waals surface area contributed by atoms with Crippen LogP contribution in [0, 0.1) is 0 Å². The van der Waals surface area contributed by atoms with Crippen LogP contribution in [0.25, 0.3) is 0 Å². The Kier molecular flexibility index (Phi) is 4.73. The monoisotopic (exact) mass is 249 g/mol. The first-order chi connectivity index (χ1) is 8.31. The van der Waals surface area contributed by atoms with Crippen molar-refractivity contribution < 1.29 is 4.79 Å². The molecule has 4 nitrogen and oxygen atoms in total. The highest BCUT2D eigenvalue weighted by Gasteiger charge is 2.13. The smallest absolute Gasteiger partial charge is 0.319 e. The van der Waals surface area contributed by atoms with Crippen LogP contribution in [0.5, 0.6) is 0 Å². The number of urea groups is 1. The van der Waals surface area contributed by atoms with Crippen LogP contribution in [0.3, 0.4) is 0 Å². The van der Waals surface area contributed by atoms with Gasteiger partial charge < -0.3 is 16.0 Å². The van der Waals surface area contributed by atoms with Gasteiger partial charge >= 0.3 is 6.03 Å². The van der Waals surface area contributed by atoms with Gasteiger partial charge in [-0.3, -0.25) is 0 Å². The normalized spacial score (nSPS) is 12.9. The zero-order valence-corrected chi connectivity index (χ0v) is 11.8. The average Bonchev–Trinajstić information content (AvgIpc) is 2.26. The van der Waals surface area contributed by atoms with E-state index in [4.69, 9.17) is 0 Å². The Morgan fingerprint density at radius 1 is 1.17 bits per heavy atom. The fourth-order valence-corrected chi connectivity index (χ4v) is 1.52. The van der Waals surface area contributed by atoms with Gasteiger partial charge in [-0.25, -0.2) is 4.79 Å². The largest absolute Gasteiger partial charge is 0.333 e. The highest BCUT2D eigenvalue weighted by molar-refractivity contribution is 5.89. The van der Waals surface area contributed by atoms with E-state index >= 15 is 0 Å². The van der Waals surface area contributed by atoms with E-state index in [2.05, 4.69) is 22.9 Å². The van der Waals surface area contributed by atoms with Crippen molar-refractivity contribution >= 4 is 11.7 Å². The van der Waals surface area contributed by atoms with E-state index in [9.17, 15) is 4.79 Å². The number of rotatable bonds is 3. The summed E-state index contributed by atoms with van der Waals surface area (Å²) in [6, 6.07) is 7.96. The Balaban J connectivity index is 2.61. The molecule has 1 aromatic rings. The second kappa shape index (κ2) is 5.87. The second-order valence-corrected chi connectivity index (χ2v) is 5.46. The summed E-state index contributed by atoms with van der Waals surface area (Å²) in [7, 11) is 1.92. The molecule has 3 N–H and O–H groups in total. The van der Waals surface area contributed by atoms with Crippen LogP contribution >= 0.6 is 0 Å². The maximum absolute atomic E-state index is 11.7. The van der Waals surface area contributed by atoms with Gasteiger partial charge in [0.1, 0.15) is 0 Å². The van der Waals surface area contributed by atoms with Crippen LogP contribution in [0.15, 0.2) is 24.3 Å². The molecule has 0 spiro atoms. The molecule has 1 aromatic carbocycles. The first kappa shape index (κ1) is 14.5. The van der Waals surface area contributed by atoms with Crippen LogP contribution in [0.4, 0.5) is 10.5 Å². The summed E-state index contributed by atoms with van der Waals surface area (Å²) in [5, 5.41) is 8.84. The van der Waals surface area contributed by atoms with E-state index in [1.54, 1.807) is 0 Å². The van der Waals surface area contributed by atoms with Crippen LogP contribution in [-0.4, -0.2) is 18.6 Å². The predicted octanol–water partition coefficient (Wildman–Crippen LogP) is 2.89. The summed E-state index contributed by atoms with van der Waals surface area (Å²) in [5.74, 6) is 0. The molecule has 1 unspecified atom stereocenters. The van der Waals surface area contributed by atoms with E-state index in [0.29, 0.717) is 6.04 Å². The van der Waals surface area contributed by atoms with Crippen molar-refractivity contribution in [3.05, 3.63) is 29.8 Å². The van der Waals surface area contributed by atoms with Gasteiger partial charge in [0.15, 0.2) is 0 Å². The molecule has 100 valence electrons. The van der Waals surface area contributed by atoms with Gasteiger partial charge in [0.2, 0.25) is 0 Å². The molecule has 1 atom stereocenters. The molecule has 0 aliphatic rings. The standard InChI is InChI=1S/C14H23N3O/c1-10(15-5)11-6-8-12(9-7-11)16-13(18)17-14(2,3)4/h6-10,15H,1-5H3,(H2,16,17,18). The Hall–Kier alpha value is -1.55. The molecule has 0 radical (unpaired) electrons. The summed E-state index contributed by atoms with van der Waals surface area (Å²) in [6.07, 6.45) is 0. The molecule has 0 fully saturated rings. The Labute approximate surface area is 109 Å². The fourth-order valence-electron chi connectivity index (χ4n) is 1.52. The lowest BCUT2D eigenvalue weighted by atomic mass is 10.1.